The molecule has 4 nitrogen and oxygen atoms in total. The van der Waals surface area contributed by atoms with Gasteiger partial charge in [-0.25, -0.2) is 0 Å². The summed E-state index contributed by atoms with van der Waals surface area (Å²) in [6, 6.07) is 0. The molecule has 0 rings (SSSR count). The van der Waals surface area contributed by atoms with E-state index in [9.17, 15) is 0 Å². The van der Waals surface area contributed by atoms with Crippen LogP contribution in [0.5, 0.6) is 0 Å². The summed E-state index contributed by atoms with van der Waals surface area (Å²) in [5.41, 5.74) is 6.63. The number of rotatable bonds is 13. The summed E-state index contributed by atoms with van der Waals surface area (Å²) in [6.45, 7) is 30.6. The van der Waals surface area contributed by atoms with Gasteiger partial charge in [0.1, 0.15) is 6.23 Å². The third-order valence-electron chi connectivity index (χ3n) is 3.36. The van der Waals surface area contributed by atoms with Crippen molar-refractivity contribution in [2.75, 3.05) is 12.8 Å². The van der Waals surface area contributed by atoms with E-state index in [0.29, 0.717) is 12.8 Å². The molecule has 0 fully saturated rings. The molecule has 0 aliphatic carbocycles. The predicted molar refractivity (Wildman–Crippen MR) is 118 cm³/mol. The van der Waals surface area contributed by atoms with Crippen molar-refractivity contribution in [1.82, 2.24) is 0 Å². The molecule has 0 atom stereocenters. The molecule has 0 aromatic carbocycles. The van der Waals surface area contributed by atoms with Crippen LogP contribution in [0.3, 0.4) is 0 Å². The molecule has 0 aromatic rings. The van der Waals surface area contributed by atoms with Gasteiger partial charge in [0.15, 0.2) is 0 Å². The maximum Gasteiger partial charge on any atom is 0.497 e. The lowest BCUT2D eigenvalue weighted by atomic mass is 10.4. The summed E-state index contributed by atoms with van der Waals surface area (Å²) in [6.07, 6.45) is 0.290. The van der Waals surface area contributed by atoms with Gasteiger partial charge in [-0.2, -0.15) is 0 Å². The number of hydrogen-bond acceptors (Lipinski definition) is 4. The molecule has 25 heavy (non-hydrogen) atoms. The van der Waals surface area contributed by atoms with E-state index < -0.39 is 33.8 Å². The summed E-state index contributed by atoms with van der Waals surface area (Å²) in [7, 11) is -9.62. The standard InChI is InChI=1S/C17H36O4Si4/c1-12-22(6,7)19-25(16-18-15-17(4)5,20-23(8,9)13-2)21-24(10,11)14-3/h12-14H,1-4,15-16H2,5-11H3. The van der Waals surface area contributed by atoms with E-state index in [-0.39, 0.29) is 0 Å². The van der Waals surface area contributed by atoms with Crippen molar-refractivity contribution >= 4 is 33.8 Å². The third-order valence-corrected chi connectivity index (χ3v) is 16.9. The van der Waals surface area contributed by atoms with Crippen LogP contribution in [0, 0.1) is 0 Å². The van der Waals surface area contributed by atoms with Crippen molar-refractivity contribution in [2.45, 2.75) is 46.2 Å². The van der Waals surface area contributed by atoms with Crippen LogP contribution in [0.2, 0.25) is 39.3 Å². The van der Waals surface area contributed by atoms with E-state index in [4.69, 9.17) is 17.1 Å². The zero-order chi connectivity index (χ0) is 19.9. The molecular formula is C17H36O4Si4. The van der Waals surface area contributed by atoms with Gasteiger partial charge in [0.25, 0.3) is 0 Å². The van der Waals surface area contributed by atoms with Crippen LogP contribution in [-0.2, 0) is 17.1 Å². The molecule has 0 saturated heterocycles. The second kappa shape index (κ2) is 9.56. The van der Waals surface area contributed by atoms with Crippen molar-refractivity contribution in [3.8, 4) is 0 Å². The highest BCUT2D eigenvalue weighted by atomic mass is 28.5. The first-order chi connectivity index (χ1) is 11.2. The number of ether oxygens (including phenoxy) is 1. The molecular weight excluding hydrogens is 381 g/mol. The minimum atomic E-state index is -3.12. The Kier molecular flexibility index (Phi) is 9.43. The monoisotopic (exact) mass is 416 g/mol. The fraction of sp³-hybridized carbons (Fsp3) is 0.529. The molecule has 0 amide bonds. The van der Waals surface area contributed by atoms with Crippen LogP contribution in [0.1, 0.15) is 6.92 Å². The molecule has 0 N–H and O–H groups in total. The Labute approximate surface area is 159 Å². The van der Waals surface area contributed by atoms with Gasteiger partial charge in [-0.05, 0) is 46.2 Å². The smallest absolute Gasteiger partial charge is 0.411 e. The Morgan fingerprint density at radius 1 is 0.760 bits per heavy atom. The predicted octanol–water partition coefficient (Wildman–Crippen LogP) is 4.90. The fourth-order valence-corrected chi connectivity index (χ4v) is 15.1. The quantitative estimate of drug-likeness (QED) is 0.316. The topological polar surface area (TPSA) is 36.9 Å². The van der Waals surface area contributed by atoms with Crippen LogP contribution in [0.15, 0.2) is 49.0 Å². The summed E-state index contributed by atoms with van der Waals surface area (Å²) < 4.78 is 25.6. The van der Waals surface area contributed by atoms with E-state index in [1.165, 1.54) is 0 Å². The normalized spacial score (nSPS) is 13.4. The Balaban J connectivity index is 5.89. The maximum atomic E-state index is 6.57. The van der Waals surface area contributed by atoms with Gasteiger partial charge >= 0.3 is 8.80 Å². The van der Waals surface area contributed by atoms with E-state index >= 15 is 0 Å². The molecule has 0 aliphatic heterocycles. The van der Waals surface area contributed by atoms with Crippen LogP contribution in [0.4, 0.5) is 0 Å². The van der Waals surface area contributed by atoms with Gasteiger partial charge in [-0.3, -0.25) is 0 Å². The first kappa shape index (κ1) is 24.7. The van der Waals surface area contributed by atoms with Crippen LogP contribution < -0.4 is 0 Å². The largest absolute Gasteiger partial charge is 0.497 e. The first-order valence-electron chi connectivity index (χ1n) is 8.45. The summed E-state index contributed by atoms with van der Waals surface area (Å²) in [5.74, 6) is 0. The van der Waals surface area contributed by atoms with Crippen molar-refractivity contribution in [2.24, 2.45) is 0 Å². The van der Waals surface area contributed by atoms with E-state index in [1.54, 1.807) is 0 Å². The van der Waals surface area contributed by atoms with Crippen LogP contribution in [-0.4, -0.2) is 46.6 Å². The van der Waals surface area contributed by atoms with Gasteiger partial charge in [-0.15, -0.1) is 19.7 Å². The highest BCUT2D eigenvalue weighted by Gasteiger charge is 2.51. The molecule has 0 radical (unpaired) electrons. The van der Waals surface area contributed by atoms with Crippen molar-refractivity contribution < 1.29 is 17.1 Å². The highest BCUT2D eigenvalue weighted by molar-refractivity contribution is 6.93. The molecule has 0 aliphatic rings. The zero-order valence-corrected chi connectivity index (χ0v) is 21.1. The molecule has 0 aromatic heterocycles. The van der Waals surface area contributed by atoms with Gasteiger partial charge < -0.3 is 17.1 Å². The second-order valence-corrected chi connectivity index (χ2v) is 22.8. The molecule has 0 spiro atoms. The average molecular weight is 417 g/mol. The molecule has 0 saturated carbocycles. The lowest BCUT2D eigenvalue weighted by Gasteiger charge is -2.42. The van der Waals surface area contributed by atoms with Crippen molar-refractivity contribution in [3.05, 3.63) is 49.0 Å². The van der Waals surface area contributed by atoms with E-state index in [0.717, 1.165) is 5.57 Å². The third kappa shape index (κ3) is 9.80. The maximum absolute atomic E-state index is 6.57. The minimum Gasteiger partial charge on any atom is -0.411 e. The summed E-state index contributed by atoms with van der Waals surface area (Å²) in [4.78, 5) is 0. The van der Waals surface area contributed by atoms with Crippen LogP contribution in [0.25, 0.3) is 0 Å². The minimum absolute atomic E-state index is 0.290. The molecule has 0 unspecified atom stereocenters. The molecule has 0 bridgehead atoms. The Bertz CT molecular complexity index is 446. The molecule has 0 heterocycles. The fourth-order valence-electron chi connectivity index (χ4n) is 1.83. The van der Waals surface area contributed by atoms with Gasteiger partial charge in [0.05, 0.1) is 6.61 Å². The summed E-state index contributed by atoms with van der Waals surface area (Å²) in [5, 5.41) is 0. The number of hydrogen-bond donors (Lipinski definition) is 0. The lowest BCUT2D eigenvalue weighted by molar-refractivity contribution is 0.134. The van der Waals surface area contributed by atoms with E-state index in [1.807, 2.05) is 24.0 Å². The van der Waals surface area contributed by atoms with Crippen molar-refractivity contribution in [3.63, 3.8) is 0 Å². The van der Waals surface area contributed by atoms with Crippen LogP contribution >= 0.6 is 0 Å². The first-order valence-corrected chi connectivity index (χ1v) is 19.3. The Morgan fingerprint density at radius 3 is 1.32 bits per heavy atom. The highest BCUT2D eigenvalue weighted by Crippen LogP contribution is 2.27. The Hall–Kier alpha value is -0.332. The van der Waals surface area contributed by atoms with Gasteiger partial charge in [0, 0.05) is 0 Å². The SMILES string of the molecule is C=C[Si](C)(C)O[Si](COCC(=C)C)(O[Si](C)(C)C=C)O[Si](C)(C)C=C. The summed E-state index contributed by atoms with van der Waals surface area (Å²) >= 11 is 0. The van der Waals surface area contributed by atoms with Gasteiger partial charge in [0.2, 0.25) is 25.0 Å². The second-order valence-electron chi connectivity index (χ2n) is 7.86. The lowest BCUT2D eigenvalue weighted by Crippen LogP contribution is -2.64. The Morgan fingerprint density at radius 2 is 1.08 bits per heavy atom. The molecule has 8 heteroatoms. The van der Waals surface area contributed by atoms with E-state index in [2.05, 4.69) is 65.6 Å². The molecule has 144 valence electrons. The zero-order valence-electron chi connectivity index (χ0n) is 17.1. The van der Waals surface area contributed by atoms with Gasteiger partial charge in [-0.1, -0.05) is 29.2 Å². The average Bonchev–Trinajstić information content (AvgIpc) is 2.45. The van der Waals surface area contributed by atoms with Crippen molar-refractivity contribution in [1.29, 1.82) is 0 Å².